The molecule has 0 bridgehead atoms. The van der Waals surface area contributed by atoms with E-state index in [0.717, 1.165) is 10.5 Å². The summed E-state index contributed by atoms with van der Waals surface area (Å²) in [4.78, 5) is 36.1. The number of carbonyl (C=O) groups excluding carboxylic acids is 3. The molecule has 0 aliphatic carbocycles. The fraction of sp³-hybridized carbons (Fsp3) is 0.105. The van der Waals surface area contributed by atoms with E-state index in [0.29, 0.717) is 11.8 Å². The number of nitrogens with two attached hydrogens (primary N) is 1. The Morgan fingerprint density at radius 3 is 2.45 bits per heavy atom. The fourth-order valence-electron chi connectivity index (χ4n) is 2.48. The summed E-state index contributed by atoms with van der Waals surface area (Å²) in [5.41, 5.74) is 6.24. The van der Waals surface area contributed by atoms with E-state index in [2.05, 4.69) is 0 Å². The minimum absolute atomic E-state index is 0.00484. The highest BCUT2D eigenvalue weighted by atomic mass is 32.2. The number of amides is 3. The van der Waals surface area contributed by atoms with Gasteiger partial charge in [-0.05, 0) is 43.0 Å². The first kappa shape index (κ1) is 20.6. The molecule has 150 valence electrons. The standard InChI is InChI=1S/C19H16N2O6S2/c1-12-6-8-14(9-7-12)29(25,26)27-15-5-3-2-4-13(15)10-16-18(23)21(11-17(20)22)19(24)28-16/h2-10H,11H2,1H3,(H2,20,22)/b16-10-. The second-order valence-electron chi connectivity index (χ2n) is 6.12. The fourth-order valence-corrected chi connectivity index (χ4v) is 4.26. The number of carbonyl (C=O) groups is 3. The summed E-state index contributed by atoms with van der Waals surface area (Å²) < 4.78 is 30.4. The lowest BCUT2D eigenvalue weighted by Crippen LogP contribution is -2.36. The van der Waals surface area contributed by atoms with Crippen LogP contribution in [0.3, 0.4) is 0 Å². The van der Waals surface area contributed by atoms with Gasteiger partial charge >= 0.3 is 10.1 Å². The minimum atomic E-state index is -4.10. The summed E-state index contributed by atoms with van der Waals surface area (Å²) in [6.45, 7) is 1.31. The minimum Gasteiger partial charge on any atom is -0.378 e. The van der Waals surface area contributed by atoms with Crippen molar-refractivity contribution in [2.45, 2.75) is 11.8 Å². The van der Waals surface area contributed by atoms with Gasteiger partial charge in [-0.25, -0.2) is 0 Å². The van der Waals surface area contributed by atoms with Crippen molar-refractivity contribution < 1.29 is 27.0 Å². The summed E-state index contributed by atoms with van der Waals surface area (Å²) in [5, 5.41) is -0.634. The monoisotopic (exact) mass is 432 g/mol. The molecule has 1 saturated heterocycles. The maximum atomic E-state index is 12.6. The molecule has 0 aromatic heterocycles. The van der Waals surface area contributed by atoms with Gasteiger partial charge in [-0.15, -0.1) is 0 Å². The number of nitrogens with zero attached hydrogens (tertiary/aromatic N) is 1. The molecule has 1 aliphatic rings. The zero-order valence-corrected chi connectivity index (χ0v) is 16.8. The highest BCUT2D eigenvalue weighted by molar-refractivity contribution is 8.18. The predicted molar refractivity (Wildman–Crippen MR) is 107 cm³/mol. The lowest BCUT2D eigenvalue weighted by Gasteiger charge is -2.10. The molecular formula is C19H16N2O6S2. The third-order valence-electron chi connectivity index (χ3n) is 3.90. The van der Waals surface area contributed by atoms with Gasteiger partial charge in [-0.3, -0.25) is 19.3 Å². The number of thioether (sulfide) groups is 1. The third-order valence-corrected chi connectivity index (χ3v) is 6.06. The molecule has 29 heavy (non-hydrogen) atoms. The molecule has 2 aromatic rings. The number of para-hydroxylation sites is 1. The van der Waals surface area contributed by atoms with E-state index in [1.54, 1.807) is 30.3 Å². The van der Waals surface area contributed by atoms with Gasteiger partial charge in [-0.2, -0.15) is 8.42 Å². The van der Waals surface area contributed by atoms with Crippen molar-refractivity contribution in [3.05, 3.63) is 64.6 Å². The lowest BCUT2D eigenvalue weighted by atomic mass is 10.2. The van der Waals surface area contributed by atoms with Crippen LogP contribution in [0, 0.1) is 6.92 Å². The normalized spacial score (nSPS) is 15.8. The maximum Gasteiger partial charge on any atom is 0.339 e. The number of primary amides is 1. The Morgan fingerprint density at radius 2 is 1.79 bits per heavy atom. The lowest BCUT2D eigenvalue weighted by molar-refractivity contribution is -0.127. The highest BCUT2D eigenvalue weighted by Gasteiger charge is 2.36. The first-order valence-electron chi connectivity index (χ1n) is 8.31. The first-order chi connectivity index (χ1) is 13.7. The van der Waals surface area contributed by atoms with Crippen molar-refractivity contribution in [2.24, 2.45) is 5.73 Å². The van der Waals surface area contributed by atoms with Gasteiger partial charge in [0.15, 0.2) is 0 Å². The van der Waals surface area contributed by atoms with E-state index in [4.69, 9.17) is 9.92 Å². The summed E-state index contributed by atoms with van der Waals surface area (Å²) in [6, 6.07) is 12.4. The van der Waals surface area contributed by atoms with Crippen molar-refractivity contribution in [3.63, 3.8) is 0 Å². The number of aryl methyl sites for hydroxylation is 1. The van der Waals surface area contributed by atoms with Crippen molar-refractivity contribution >= 4 is 45.0 Å². The van der Waals surface area contributed by atoms with Gasteiger partial charge in [0, 0.05) is 5.56 Å². The second kappa shape index (κ2) is 8.10. The van der Waals surface area contributed by atoms with Crippen LogP contribution in [0.25, 0.3) is 6.08 Å². The van der Waals surface area contributed by atoms with Crippen LogP contribution < -0.4 is 9.92 Å². The van der Waals surface area contributed by atoms with Crippen LogP contribution in [0.1, 0.15) is 11.1 Å². The Hall–Kier alpha value is -3.11. The van der Waals surface area contributed by atoms with Crippen LogP contribution in [0.5, 0.6) is 5.75 Å². The van der Waals surface area contributed by atoms with Gasteiger partial charge in [0.2, 0.25) is 5.91 Å². The van der Waals surface area contributed by atoms with Crippen LogP contribution in [-0.4, -0.2) is 36.9 Å². The van der Waals surface area contributed by atoms with E-state index >= 15 is 0 Å². The molecule has 2 aromatic carbocycles. The van der Waals surface area contributed by atoms with Gasteiger partial charge in [-0.1, -0.05) is 35.9 Å². The topological polar surface area (TPSA) is 124 Å². The van der Waals surface area contributed by atoms with Gasteiger partial charge in [0.05, 0.1) is 4.91 Å². The van der Waals surface area contributed by atoms with Crippen molar-refractivity contribution in [2.75, 3.05) is 6.54 Å². The Labute approximate surface area is 171 Å². The molecule has 0 radical (unpaired) electrons. The molecule has 3 amide bonds. The maximum absolute atomic E-state index is 12.6. The highest BCUT2D eigenvalue weighted by Crippen LogP contribution is 2.34. The van der Waals surface area contributed by atoms with E-state index in [1.807, 2.05) is 6.92 Å². The second-order valence-corrected chi connectivity index (χ2v) is 8.66. The van der Waals surface area contributed by atoms with E-state index in [9.17, 15) is 22.8 Å². The Morgan fingerprint density at radius 1 is 1.14 bits per heavy atom. The Kier molecular flexibility index (Phi) is 5.76. The number of rotatable bonds is 6. The molecule has 0 atom stereocenters. The molecule has 8 nitrogen and oxygen atoms in total. The number of benzene rings is 2. The largest absolute Gasteiger partial charge is 0.378 e. The molecule has 3 rings (SSSR count). The summed E-state index contributed by atoms with van der Waals surface area (Å²) in [5.74, 6) is -1.51. The van der Waals surface area contributed by atoms with Crippen LogP contribution in [0.15, 0.2) is 58.3 Å². The first-order valence-corrected chi connectivity index (χ1v) is 10.5. The van der Waals surface area contributed by atoms with Crippen LogP contribution in [-0.2, 0) is 19.7 Å². The van der Waals surface area contributed by atoms with Crippen LogP contribution in [0.2, 0.25) is 0 Å². The number of imide groups is 1. The van der Waals surface area contributed by atoms with Crippen LogP contribution >= 0.6 is 11.8 Å². The average Bonchev–Trinajstić information content (AvgIpc) is 2.90. The molecule has 0 saturated carbocycles. The molecule has 2 N–H and O–H groups in total. The summed E-state index contributed by atoms with van der Waals surface area (Å²) in [7, 11) is -4.10. The number of hydrogen-bond donors (Lipinski definition) is 1. The molecular weight excluding hydrogens is 416 g/mol. The zero-order chi connectivity index (χ0) is 21.2. The molecule has 1 aliphatic heterocycles. The summed E-state index contributed by atoms with van der Waals surface area (Å²) >= 11 is 0.629. The van der Waals surface area contributed by atoms with Crippen molar-refractivity contribution in [3.8, 4) is 5.75 Å². The van der Waals surface area contributed by atoms with Gasteiger partial charge in [0.25, 0.3) is 11.1 Å². The van der Waals surface area contributed by atoms with E-state index in [1.165, 1.54) is 24.3 Å². The molecule has 1 heterocycles. The van der Waals surface area contributed by atoms with Crippen LogP contribution in [0.4, 0.5) is 4.79 Å². The molecule has 0 unspecified atom stereocenters. The van der Waals surface area contributed by atoms with Crippen molar-refractivity contribution in [1.29, 1.82) is 0 Å². The zero-order valence-electron chi connectivity index (χ0n) is 15.2. The molecule has 1 fully saturated rings. The van der Waals surface area contributed by atoms with E-state index in [-0.39, 0.29) is 21.1 Å². The Bertz CT molecular complexity index is 1120. The summed E-state index contributed by atoms with van der Waals surface area (Å²) in [6.07, 6.45) is 1.34. The third kappa shape index (κ3) is 4.66. The molecule has 0 spiro atoms. The number of hydrogen-bond acceptors (Lipinski definition) is 7. The van der Waals surface area contributed by atoms with E-state index < -0.39 is 33.7 Å². The Balaban J connectivity index is 1.91. The van der Waals surface area contributed by atoms with Gasteiger partial charge < -0.3 is 9.92 Å². The average molecular weight is 432 g/mol. The smallest absolute Gasteiger partial charge is 0.339 e. The SMILES string of the molecule is Cc1ccc(S(=O)(=O)Oc2ccccc2/C=C2\SC(=O)N(CC(N)=O)C2=O)cc1. The predicted octanol–water partition coefficient (Wildman–Crippen LogP) is 2.28. The quantitative estimate of drug-likeness (QED) is 0.548. The molecule has 10 heteroatoms. The van der Waals surface area contributed by atoms with Gasteiger partial charge in [0.1, 0.15) is 17.2 Å². The van der Waals surface area contributed by atoms with Crippen molar-refractivity contribution in [1.82, 2.24) is 4.90 Å².